The van der Waals surface area contributed by atoms with Crippen LogP contribution in [0, 0.1) is 5.92 Å². The highest BCUT2D eigenvalue weighted by Crippen LogP contribution is 2.45. The monoisotopic (exact) mass is 279 g/mol. The van der Waals surface area contributed by atoms with Crippen LogP contribution in [0.15, 0.2) is 60.7 Å². The van der Waals surface area contributed by atoms with Crippen LogP contribution in [0.1, 0.15) is 30.4 Å². The highest BCUT2D eigenvalue weighted by atomic mass is 16.3. The Morgan fingerprint density at radius 3 is 1.86 bits per heavy atom. The minimum Gasteiger partial charge on any atom is -0.379 e. The summed E-state index contributed by atoms with van der Waals surface area (Å²) in [6.07, 6.45) is 3.68. The Hall–Kier alpha value is -1.64. The van der Waals surface area contributed by atoms with Crippen LogP contribution in [-0.2, 0) is 5.60 Å². The van der Waals surface area contributed by atoms with Crippen LogP contribution in [0.2, 0.25) is 0 Å². The van der Waals surface area contributed by atoms with E-state index < -0.39 is 5.60 Å². The van der Waals surface area contributed by atoms with Gasteiger partial charge in [0.15, 0.2) is 0 Å². The molecule has 4 rings (SSSR count). The molecule has 1 heterocycles. The standard InChI is InChI=1S/C19H21NO/c21-19(15-7-3-1-4-8-15,16-9-5-2-6-10-16)18-14-11-12-17(13-14)20-18/h1-10,14,17-18,20-21H,11-13H2/t14?,17?,18-/m0/s1. The van der Waals surface area contributed by atoms with E-state index in [-0.39, 0.29) is 6.04 Å². The van der Waals surface area contributed by atoms with Crippen molar-refractivity contribution in [3.05, 3.63) is 71.8 Å². The van der Waals surface area contributed by atoms with E-state index in [1.807, 2.05) is 60.7 Å². The van der Waals surface area contributed by atoms with E-state index in [0.29, 0.717) is 12.0 Å². The maximum Gasteiger partial charge on any atom is 0.130 e. The Kier molecular flexibility index (Phi) is 3.09. The number of hydrogen-bond donors (Lipinski definition) is 2. The molecule has 0 amide bonds. The van der Waals surface area contributed by atoms with Crippen molar-refractivity contribution in [1.29, 1.82) is 0 Å². The molecule has 2 heteroatoms. The van der Waals surface area contributed by atoms with Crippen molar-refractivity contribution in [2.24, 2.45) is 5.92 Å². The van der Waals surface area contributed by atoms with Crippen molar-refractivity contribution in [2.75, 3.05) is 0 Å². The predicted molar refractivity (Wildman–Crippen MR) is 83.9 cm³/mol. The highest BCUT2D eigenvalue weighted by Gasteiger charge is 2.51. The van der Waals surface area contributed by atoms with Gasteiger partial charge in [0, 0.05) is 12.1 Å². The summed E-state index contributed by atoms with van der Waals surface area (Å²) in [6, 6.07) is 20.9. The van der Waals surface area contributed by atoms with Crippen LogP contribution < -0.4 is 5.32 Å². The second kappa shape index (κ2) is 4.97. The molecule has 0 spiro atoms. The van der Waals surface area contributed by atoms with Crippen molar-refractivity contribution >= 4 is 0 Å². The average Bonchev–Trinajstić information content (AvgIpc) is 3.19. The van der Waals surface area contributed by atoms with Gasteiger partial charge in [0.25, 0.3) is 0 Å². The van der Waals surface area contributed by atoms with Crippen molar-refractivity contribution in [3.8, 4) is 0 Å². The lowest BCUT2D eigenvalue weighted by Gasteiger charge is -2.40. The maximum atomic E-state index is 11.7. The molecule has 0 radical (unpaired) electrons. The van der Waals surface area contributed by atoms with E-state index >= 15 is 0 Å². The number of nitrogens with one attached hydrogen (secondary N) is 1. The molecule has 2 nitrogen and oxygen atoms in total. The number of benzene rings is 2. The predicted octanol–water partition coefficient (Wildman–Crippen LogP) is 3.06. The van der Waals surface area contributed by atoms with Gasteiger partial charge in [-0.3, -0.25) is 0 Å². The van der Waals surface area contributed by atoms with Gasteiger partial charge in [0.1, 0.15) is 5.60 Å². The Bertz CT molecular complexity index is 570. The summed E-state index contributed by atoms with van der Waals surface area (Å²) >= 11 is 0. The van der Waals surface area contributed by atoms with E-state index in [0.717, 1.165) is 11.1 Å². The van der Waals surface area contributed by atoms with E-state index in [9.17, 15) is 5.11 Å². The average molecular weight is 279 g/mol. The summed E-state index contributed by atoms with van der Waals surface area (Å²) in [6.45, 7) is 0. The molecular formula is C19H21NO. The fraction of sp³-hybridized carbons (Fsp3) is 0.368. The minimum atomic E-state index is -0.942. The zero-order valence-electron chi connectivity index (χ0n) is 12.1. The largest absolute Gasteiger partial charge is 0.379 e. The first-order valence-electron chi connectivity index (χ1n) is 7.88. The molecule has 2 aliphatic rings. The van der Waals surface area contributed by atoms with Gasteiger partial charge >= 0.3 is 0 Å². The van der Waals surface area contributed by atoms with Gasteiger partial charge in [0.2, 0.25) is 0 Å². The summed E-state index contributed by atoms with van der Waals surface area (Å²) in [5.41, 5.74) is 1.03. The molecule has 2 unspecified atom stereocenters. The third kappa shape index (κ3) is 2.02. The molecule has 1 saturated heterocycles. The first-order chi connectivity index (χ1) is 10.3. The highest BCUT2D eigenvalue weighted by molar-refractivity contribution is 5.39. The lowest BCUT2D eigenvalue weighted by molar-refractivity contribution is 0.0202. The van der Waals surface area contributed by atoms with Gasteiger partial charge in [-0.05, 0) is 36.3 Å². The molecular weight excluding hydrogens is 258 g/mol. The zero-order chi connectivity index (χ0) is 14.3. The summed E-state index contributed by atoms with van der Waals surface area (Å²) in [4.78, 5) is 0. The Labute approximate surface area is 125 Å². The quantitative estimate of drug-likeness (QED) is 0.905. The van der Waals surface area contributed by atoms with Gasteiger partial charge in [-0.1, -0.05) is 60.7 Å². The molecule has 1 aliphatic carbocycles. The van der Waals surface area contributed by atoms with Crippen LogP contribution in [0.25, 0.3) is 0 Å². The van der Waals surface area contributed by atoms with Crippen LogP contribution in [0.3, 0.4) is 0 Å². The molecule has 3 atom stereocenters. The van der Waals surface area contributed by atoms with Crippen molar-refractivity contribution < 1.29 is 5.11 Å². The van der Waals surface area contributed by atoms with Gasteiger partial charge in [0.05, 0.1) is 0 Å². The van der Waals surface area contributed by atoms with E-state index in [2.05, 4.69) is 5.32 Å². The van der Waals surface area contributed by atoms with Crippen LogP contribution in [0.4, 0.5) is 0 Å². The fourth-order valence-electron chi connectivity index (χ4n) is 4.23. The summed E-state index contributed by atoms with van der Waals surface area (Å²) in [5, 5.41) is 15.4. The molecule has 2 bridgehead atoms. The zero-order valence-corrected chi connectivity index (χ0v) is 12.1. The van der Waals surface area contributed by atoms with Crippen molar-refractivity contribution in [1.82, 2.24) is 5.32 Å². The SMILES string of the molecule is OC(c1ccccc1)(c1ccccc1)[C@H]1NC2CCC1C2. The van der Waals surface area contributed by atoms with Gasteiger partial charge in [-0.2, -0.15) is 0 Å². The lowest BCUT2D eigenvalue weighted by atomic mass is 9.75. The molecule has 21 heavy (non-hydrogen) atoms. The number of rotatable bonds is 3. The minimum absolute atomic E-state index is 0.112. The molecule has 2 N–H and O–H groups in total. The maximum absolute atomic E-state index is 11.7. The normalized spacial score (nSPS) is 28.0. The number of piperidine rings is 1. The summed E-state index contributed by atoms with van der Waals surface area (Å²) < 4.78 is 0. The third-order valence-corrected chi connectivity index (χ3v) is 5.24. The first kappa shape index (κ1) is 13.1. The molecule has 2 aromatic carbocycles. The van der Waals surface area contributed by atoms with Crippen LogP contribution >= 0.6 is 0 Å². The van der Waals surface area contributed by atoms with Gasteiger partial charge < -0.3 is 10.4 Å². The molecule has 0 aromatic heterocycles. The molecule has 2 aromatic rings. The summed E-state index contributed by atoms with van der Waals surface area (Å²) in [7, 11) is 0. The van der Waals surface area contributed by atoms with E-state index in [1.54, 1.807) is 0 Å². The fourth-order valence-corrected chi connectivity index (χ4v) is 4.23. The third-order valence-electron chi connectivity index (χ3n) is 5.24. The molecule has 2 fully saturated rings. The van der Waals surface area contributed by atoms with Gasteiger partial charge in [-0.25, -0.2) is 0 Å². The lowest BCUT2D eigenvalue weighted by Crippen LogP contribution is -2.52. The van der Waals surface area contributed by atoms with Crippen molar-refractivity contribution in [2.45, 2.75) is 36.9 Å². The van der Waals surface area contributed by atoms with Crippen LogP contribution in [0.5, 0.6) is 0 Å². The molecule has 108 valence electrons. The second-order valence-electron chi connectivity index (χ2n) is 6.41. The number of hydrogen-bond acceptors (Lipinski definition) is 2. The van der Waals surface area contributed by atoms with Crippen molar-refractivity contribution in [3.63, 3.8) is 0 Å². The molecule has 1 saturated carbocycles. The Balaban J connectivity index is 1.83. The summed E-state index contributed by atoms with van der Waals surface area (Å²) in [5.74, 6) is 0.570. The van der Waals surface area contributed by atoms with Crippen LogP contribution in [-0.4, -0.2) is 17.2 Å². The second-order valence-corrected chi connectivity index (χ2v) is 6.41. The smallest absolute Gasteiger partial charge is 0.130 e. The van der Waals surface area contributed by atoms with Gasteiger partial charge in [-0.15, -0.1) is 0 Å². The Morgan fingerprint density at radius 1 is 0.857 bits per heavy atom. The molecule has 1 aliphatic heterocycles. The Morgan fingerprint density at radius 2 is 1.43 bits per heavy atom. The number of fused-ring (bicyclic) bond motifs is 2. The van der Waals surface area contributed by atoms with E-state index in [4.69, 9.17) is 0 Å². The topological polar surface area (TPSA) is 32.3 Å². The first-order valence-corrected chi connectivity index (χ1v) is 7.88. The van der Waals surface area contributed by atoms with E-state index in [1.165, 1.54) is 19.3 Å². The number of aliphatic hydroxyl groups is 1.